The van der Waals surface area contributed by atoms with E-state index < -0.39 is 5.54 Å². The summed E-state index contributed by atoms with van der Waals surface area (Å²) in [4.78, 5) is 30.3. The summed E-state index contributed by atoms with van der Waals surface area (Å²) in [5.41, 5.74) is 1.67. The molecule has 1 aromatic carbocycles. The minimum Gasteiger partial charge on any atom is -0.457 e. The molecule has 2 N–H and O–H groups in total. The summed E-state index contributed by atoms with van der Waals surface area (Å²) in [5, 5.41) is 10.3. The van der Waals surface area contributed by atoms with Crippen LogP contribution in [0.15, 0.2) is 48.8 Å². The highest BCUT2D eigenvalue weighted by molar-refractivity contribution is 6.04. The number of anilines is 1. The maximum absolute atomic E-state index is 13.3. The van der Waals surface area contributed by atoms with E-state index in [9.17, 15) is 9.59 Å². The molecule has 1 aliphatic rings. The molecule has 0 radical (unpaired) electrons. The lowest BCUT2D eigenvalue weighted by Crippen LogP contribution is -2.55. The zero-order valence-corrected chi connectivity index (χ0v) is 18.5. The fraction of sp³-hybridized carbons (Fsp3) is 0.333. The van der Waals surface area contributed by atoms with Crippen LogP contribution in [-0.2, 0) is 11.8 Å². The van der Waals surface area contributed by atoms with E-state index >= 15 is 0 Å². The lowest BCUT2D eigenvalue weighted by Gasteiger charge is -2.29. The Labute approximate surface area is 187 Å². The zero-order chi connectivity index (χ0) is 22.7. The first-order valence-electron chi connectivity index (χ1n) is 10.7. The van der Waals surface area contributed by atoms with Crippen molar-refractivity contribution in [1.82, 2.24) is 20.1 Å². The molecule has 166 valence electrons. The van der Waals surface area contributed by atoms with Crippen molar-refractivity contribution in [3.8, 4) is 11.5 Å². The van der Waals surface area contributed by atoms with E-state index in [-0.39, 0.29) is 11.8 Å². The van der Waals surface area contributed by atoms with Crippen LogP contribution in [0.1, 0.15) is 47.4 Å². The van der Waals surface area contributed by atoms with E-state index in [1.165, 1.54) is 0 Å². The first kappa shape index (κ1) is 21.5. The van der Waals surface area contributed by atoms with Crippen molar-refractivity contribution in [3.05, 3.63) is 65.7 Å². The molecule has 0 aliphatic heterocycles. The first-order chi connectivity index (χ1) is 15.4. The summed E-state index contributed by atoms with van der Waals surface area (Å²) in [6.45, 7) is 3.66. The van der Waals surface area contributed by atoms with Crippen molar-refractivity contribution in [2.45, 2.75) is 45.1 Å². The van der Waals surface area contributed by atoms with Gasteiger partial charge in [0.05, 0.1) is 11.3 Å². The average molecular weight is 434 g/mol. The summed E-state index contributed by atoms with van der Waals surface area (Å²) >= 11 is 0. The topological polar surface area (TPSA) is 98.1 Å². The molecule has 0 unspecified atom stereocenters. The quantitative estimate of drug-likeness (QED) is 0.614. The highest BCUT2D eigenvalue weighted by atomic mass is 16.5. The SMILES string of the molecule is Cc1nn(C)c(C)c1C(=O)NC1(C(=O)Nc2ccc(Oc3ccncc3)cc2)CCCC1. The number of hydrogen-bond acceptors (Lipinski definition) is 5. The molecule has 1 fully saturated rings. The van der Waals surface area contributed by atoms with Gasteiger partial charge in [-0.15, -0.1) is 0 Å². The van der Waals surface area contributed by atoms with Gasteiger partial charge < -0.3 is 15.4 Å². The van der Waals surface area contributed by atoms with Gasteiger partial charge in [-0.3, -0.25) is 19.3 Å². The second-order valence-electron chi connectivity index (χ2n) is 8.18. The van der Waals surface area contributed by atoms with Gasteiger partial charge in [-0.05, 0) is 63.1 Å². The van der Waals surface area contributed by atoms with Crippen molar-refractivity contribution in [1.29, 1.82) is 0 Å². The highest BCUT2D eigenvalue weighted by Crippen LogP contribution is 2.32. The van der Waals surface area contributed by atoms with Crippen LogP contribution in [0.3, 0.4) is 0 Å². The van der Waals surface area contributed by atoms with Crippen LogP contribution in [0.4, 0.5) is 5.69 Å². The second kappa shape index (κ2) is 8.82. The molecule has 1 aliphatic carbocycles. The number of benzene rings is 1. The van der Waals surface area contributed by atoms with Gasteiger partial charge in [0.25, 0.3) is 5.91 Å². The third kappa shape index (κ3) is 4.34. The number of nitrogens with zero attached hydrogens (tertiary/aromatic N) is 3. The van der Waals surface area contributed by atoms with Crippen LogP contribution in [0.5, 0.6) is 11.5 Å². The number of hydrogen-bond donors (Lipinski definition) is 2. The number of ether oxygens (including phenoxy) is 1. The Morgan fingerprint density at radius 1 is 1.00 bits per heavy atom. The van der Waals surface area contributed by atoms with E-state index in [0.717, 1.165) is 18.5 Å². The molecule has 8 nitrogen and oxygen atoms in total. The summed E-state index contributed by atoms with van der Waals surface area (Å²) in [7, 11) is 1.80. The summed E-state index contributed by atoms with van der Waals surface area (Å²) in [6.07, 6.45) is 6.30. The number of aromatic nitrogens is 3. The van der Waals surface area contributed by atoms with Crippen LogP contribution < -0.4 is 15.4 Å². The Morgan fingerprint density at radius 2 is 1.62 bits per heavy atom. The van der Waals surface area contributed by atoms with Crippen molar-refractivity contribution in [2.75, 3.05) is 5.32 Å². The summed E-state index contributed by atoms with van der Waals surface area (Å²) < 4.78 is 7.45. The van der Waals surface area contributed by atoms with Crippen LogP contribution in [0, 0.1) is 13.8 Å². The Kier molecular flexibility index (Phi) is 5.94. The first-order valence-corrected chi connectivity index (χ1v) is 10.7. The van der Waals surface area contributed by atoms with Gasteiger partial charge in [0.1, 0.15) is 17.0 Å². The second-order valence-corrected chi connectivity index (χ2v) is 8.18. The van der Waals surface area contributed by atoms with Crippen LogP contribution in [0.2, 0.25) is 0 Å². The van der Waals surface area contributed by atoms with E-state index in [0.29, 0.717) is 41.3 Å². The minimum absolute atomic E-state index is 0.203. The van der Waals surface area contributed by atoms with Gasteiger partial charge in [0.2, 0.25) is 5.91 Å². The Balaban J connectivity index is 1.47. The molecule has 0 atom stereocenters. The maximum atomic E-state index is 13.3. The van der Waals surface area contributed by atoms with Crippen molar-refractivity contribution in [3.63, 3.8) is 0 Å². The zero-order valence-electron chi connectivity index (χ0n) is 18.5. The summed E-state index contributed by atoms with van der Waals surface area (Å²) in [6, 6.07) is 10.7. The third-order valence-corrected chi connectivity index (χ3v) is 5.98. The number of rotatable bonds is 6. The lowest BCUT2D eigenvalue weighted by molar-refractivity contribution is -0.122. The number of aryl methyl sites for hydroxylation is 2. The molecule has 2 aromatic heterocycles. The third-order valence-electron chi connectivity index (χ3n) is 5.98. The molecule has 0 spiro atoms. The molecule has 1 saturated carbocycles. The lowest BCUT2D eigenvalue weighted by atomic mass is 9.95. The fourth-order valence-corrected chi connectivity index (χ4v) is 4.17. The fourth-order valence-electron chi connectivity index (χ4n) is 4.17. The molecule has 8 heteroatoms. The number of pyridine rings is 1. The molecule has 0 bridgehead atoms. The predicted octanol–water partition coefficient (Wildman–Crippen LogP) is 3.91. The van der Waals surface area contributed by atoms with Gasteiger partial charge in [-0.25, -0.2) is 0 Å². The van der Waals surface area contributed by atoms with E-state index in [1.807, 2.05) is 6.92 Å². The Morgan fingerprint density at radius 3 is 2.22 bits per heavy atom. The number of nitrogens with one attached hydrogen (secondary N) is 2. The van der Waals surface area contributed by atoms with Crippen molar-refractivity contribution in [2.24, 2.45) is 7.05 Å². The molecule has 32 heavy (non-hydrogen) atoms. The largest absolute Gasteiger partial charge is 0.457 e. The van der Waals surface area contributed by atoms with Crippen LogP contribution >= 0.6 is 0 Å². The Bertz CT molecular complexity index is 1120. The van der Waals surface area contributed by atoms with Gasteiger partial charge in [0.15, 0.2) is 0 Å². The summed E-state index contributed by atoms with van der Waals surface area (Å²) in [5.74, 6) is 0.877. The number of carbonyl (C=O) groups excluding carboxylic acids is 2. The van der Waals surface area contributed by atoms with Crippen LogP contribution in [-0.4, -0.2) is 32.1 Å². The molecule has 4 rings (SSSR count). The van der Waals surface area contributed by atoms with E-state index in [1.54, 1.807) is 67.4 Å². The molecule has 3 aromatic rings. The minimum atomic E-state index is -0.933. The standard InChI is InChI=1S/C24H27N5O3/c1-16-21(17(2)29(3)28-16)22(30)27-24(12-4-5-13-24)23(31)26-18-6-8-19(9-7-18)32-20-10-14-25-15-11-20/h6-11,14-15H,4-5,12-13H2,1-3H3,(H,26,31)(H,27,30). The van der Waals surface area contributed by atoms with Gasteiger partial charge >= 0.3 is 0 Å². The monoisotopic (exact) mass is 433 g/mol. The molecule has 2 heterocycles. The smallest absolute Gasteiger partial charge is 0.255 e. The van der Waals surface area contributed by atoms with E-state index in [2.05, 4.69) is 20.7 Å². The van der Waals surface area contributed by atoms with Gasteiger partial charge in [0, 0.05) is 30.8 Å². The Hall–Kier alpha value is -3.68. The average Bonchev–Trinajstić information content (AvgIpc) is 3.35. The van der Waals surface area contributed by atoms with Crippen LogP contribution in [0.25, 0.3) is 0 Å². The van der Waals surface area contributed by atoms with Crippen molar-refractivity contribution < 1.29 is 14.3 Å². The highest BCUT2D eigenvalue weighted by Gasteiger charge is 2.43. The molecule has 2 amide bonds. The number of carbonyl (C=O) groups is 2. The van der Waals surface area contributed by atoms with Gasteiger partial charge in [-0.1, -0.05) is 12.8 Å². The van der Waals surface area contributed by atoms with Crippen molar-refractivity contribution >= 4 is 17.5 Å². The molecule has 0 saturated heterocycles. The normalized spacial score (nSPS) is 14.7. The predicted molar refractivity (Wildman–Crippen MR) is 121 cm³/mol. The molecular weight excluding hydrogens is 406 g/mol. The molecular formula is C24H27N5O3. The number of amides is 2. The van der Waals surface area contributed by atoms with Gasteiger partial charge in [-0.2, -0.15) is 5.10 Å². The maximum Gasteiger partial charge on any atom is 0.255 e. The van der Waals surface area contributed by atoms with E-state index in [4.69, 9.17) is 4.74 Å².